The number of ether oxygens (including phenoxy) is 1. The molecule has 132 valence electrons. The average molecular weight is 329 g/mol. The molecule has 2 atom stereocenters. The van der Waals surface area contributed by atoms with Crippen molar-refractivity contribution in [1.29, 1.82) is 0 Å². The maximum absolute atomic E-state index is 11.7. The Kier molecular flexibility index (Phi) is 4.93. The molecule has 1 N–H and O–H groups in total. The minimum absolute atomic E-state index is 0.311. The van der Waals surface area contributed by atoms with Crippen molar-refractivity contribution in [3.05, 3.63) is 35.9 Å². The van der Waals surface area contributed by atoms with Crippen molar-refractivity contribution in [2.24, 2.45) is 11.8 Å². The maximum atomic E-state index is 11.7. The van der Waals surface area contributed by atoms with Gasteiger partial charge in [-0.15, -0.1) is 0 Å². The molecule has 0 aromatic heterocycles. The first-order valence-electron chi connectivity index (χ1n) is 9.87. The SMILES string of the molecule is O[C@@](CO[C@H]1CN2CCC1CC2)(c1ccccc1)C1CCCCC1. The van der Waals surface area contributed by atoms with Crippen LogP contribution in [0, 0.1) is 11.8 Å². The van der Waals surface area contributed by atoms with Gasteiger partial charge in [-0.25, -0.2) is 0 Å². The van der Waals surface area contributed by atoms with Crippen LogP contribution in [-0.4, -0.2) is 42.4 Å². The number of fused-ring (bicyclic) bond motifs is 3. The number of nitrogens with zero attached hydrogens (tertiary/aromatic N) is 1. The van der Waals surface area contributed by atoms with Crippen molar-refractivity contribution < 1.29 is 9.84 Å². The second kappa shape index (κ2) is 7.15. The van der Waals surface area contributed by atoms with Crippen LogP contribution in [0.15, 0.2) is 30.3 Å². The molecule has 4 aliphatic rings. The summed E-state index contributed by atoms with van der Waals surface area (Å²) >= 11 is 0. The van der Waals surface area contributed by atoms with E-state index in [1.807, 2.05) is 18.2 Å². The number of benzene rings is 1. The fourth-order valence-electron chi connectivity index (χ4n) is 5.08. The molecule has 0 radical (unpaired) electrons. The number of hydrogen-bond donors (Lipinski definition) is 1. The third kappa shape index (κ3) is 3.26. The summed E-state index contributed by atoms with van der Waals surface area (Å²) in [4.78, 5) is 2.52. The second-order valence-electron chi connectivity index (χ2n) is 8.11. The Morgan fingerprint density at radius 2 is 1.71 bits per heavy atom. The first kappa shape index (κ1) is 16.6. The van der Waals surface area contributed by atoms with Crippen LogP contribution in [0.4, 0.5) is 0 Å². The van der Waals surface area contributed by atoms with Gasteiger partial charge < -0.3 is 14.7 Å². The molecular weight excluding hydrogens is 298 g/mol. The smallest absolute Gasteiger partial charge is 0.116 e. The van der Waals surface area contributed by atoms with Gasteiger partial charge in [0.05, 0.1) is 12.7 Å². The van der Waals surface area contributed by atoms with Gasteiger partial charge in [0.1, 0.15) is 5.60 Å². The predicted molar refractivity (Wildman–Crippen MR) is 95.8 cm³/mol. The molecule has 3 heterocycles. The molecule has 5 rings (SSSR count). The van der Waals surface area contributed by atoms with Gasteiger partial charge in [0, 0.05) is 6.54 Å². The van der Waals surface area contributed by atoms with E-state index in [0.717, 1.165) is 24.9 Å². The Labute approximate surface area is 146 Å². The normalized spacial score (nSPS) is 33.3. The summed E-state index contributed by atoms with van der Waals surface area (Å²) in [5.41, 5.74) is 0.214. The molecule has 1 aliphatic carbocycles. The molecule has 1 aromatic carbocycles. The molecule has 24 heavy (non-hydrogen) atoms. The lowest BCUT2D eigenvalue weighted by molar-refractivity contribution is -0.148. The van der Waals surface area contributed by atoms with E-state index in [-0.39, 0.29) is 0 Å². The lowest BCUT2D eigenvalue weighted by Gasteiger charge is -2.46. The van der Waals surface area contributed by atoms with Crippen LogP contribution in [0.2, 0.25) is 0 Å². The van der Waals surface area contributed by atoms with Crippen molar-refractivity contribution in [3.63, 3.8) is 0 Å². The van der Waals surface area contributed by atoms with Crippen molar-refractivity contribution in [2.75, 3.05) is 26.2 Å². The van der Waals surface area contributed by atoms with Gasteiger partial charge in [-0.2, -0.15) is 0 Å². The van der Waals surface area contributed by atoms with Gasteiger partial charge >= 0.3 is 0 Å². The van der Waals surface area contributed by atoms with E-state index in [2.05, 4.69) is 17.0 Å². The van der Waals surface area contributed by atoms with Crippen LogP contribution in [0.25, 0.3) is 0 Å². The van der Waals surface area contributed by atoms with Crippen LogP contribution >= 0.6 is 0 Å². The molecule has 3 nitrogen and oxygen atoms in total. The highest BCUT2D eigenvalue weighted by atomic mass is 16.5. The van der Waals surface area contributed by atoms with Gasteiger partial charge in [0.2, 0.25) is 0 Å². The van der Waals surface area contributed by atoms with E-state index in [4.69, 9.17) is 4.74 Å². The fourth-order valence-corrected chi connectivity index (χ4v) is 5.08. The molecular formula is C21H31NO2. The van der Waals surface area contributed by atoms with Crippen molar-refractivity contribution in [1.82, 2.24) is 4.90 Å². The minimum Gasteiger partial charge on any atom is -0.382 e. The Morgan fingerprint density at radius 1 is 1.00 bits per heavy atom. The lowest BCUT2D eigenvalue weighted by atomic mass is 9.73. The molecule has 1 saturated carbocycles. The Balaban J connectivity index is 1.50. The van der Waals surface area contributed by atoms with E-state index in [0.29, 0.717) is 24.5 Å². The standard InChI is InChI=1S/C21H31NO2/c23-21(18-7-3-1-4-8-18,19-9-5-2-6-10-19)16-24-20-15-22-13-11-17(20)12-14-22/h1,3-4,7-8,17,19-20,23H,2,5-6,9-16H2/t20-,21-/m0/s1. The zero-order valence-corrected chi connectivity index (χ0v) is 14.7. The summed E-state index contributed by atoms with van der Waals surface area (Å²) < 4.78 is 6.40. The van der Waals surface area contributed by atoms with Gasteiger partial charge in [-0.1, -0.05) is 49.6 Å². The zero-order chi connectivity index (χ0) is 16.4. The fraction of sp³-hybridized carbons (Fsp3) is 0.714. The summed E-state index contributed by atoms with van der Waals surface area (Å²) in [5, 5.41) is 11.7. The summed E-state index contributed by atoms with van der Waals surface area (Å²) in [6.45, 7) is 3.98. The highest BCUT2D eigenvalue weighted by molar-refractivity contribution is 5.23. The summed E-state index contributed by atoms with van der Waals surface area (Å²) in [6, 6.07) is 10.3. The third-order valence-corrected chi connectivity index (χ3v) is 6.67. The van der Waals surface area contributed by atoms with Crippen LogP contribution in [0.5, 0.6) is 0 Å². The summed E-state index contributed by atoms with van der Waals surface area (Å²) in [7, 11) is 0. The summed E-state index contributed by atoms with van der Waals surface area (Å²) in [5.74, 6) is 1.02. The highest BCUT2D eigenvalue weighted by Crippen LogP contribution is 2.40. The second-order valence-corrected chi connectivity index (χ2v) is 8.11. The van der Waals surface area contributed by atoms with E-state index in [9.17, 15) is 5.11 Å². The molecule has 3 saturated heterocycles. The molecule has 0 amide bonds. The number of rotatable bonds is 5. The average Bonchev–Trinajstić information content (AvgIpc) is 2.68. The quantitative estimate of drug-likeness (QED) is 0.896. The monoisotopic (exact) mass is 329 g/mol. The van der Waals surface area contributed by atoms with Gasteiger partial charge in [0.25, 0.3) is 0 Å². The van der Waals surface area contributed by atoms with Crippen molar-refractivity contribution in [3.8, 4) is 0 Å². The largest absolute Gasteiger partial charge is 0.382 e. The van der Waals surface area contributed by atoms with E-state index >= 15 is 0 Å². The number of aliphatic hydroxyl groups is 1. The first-order valence-corrected chi connectivity index (χ1v) is 9.87. The summed E-state index contributed by atoms with van der Waals surface area (Å²) in [6.07, 6.45) is 8.85. The van der Waals surface area contributed by atoms with Crippen LogP contribution in [-0.2, 0) is 10.3 Å². The molecule has 4 fully saturated rings. The lowest BCUT2D eigenvalue weighted by Crippen LogP contribution is -2.53. The molecule has 3 heteroatoms. The van der Waals surface area contributed by atoms with Gasteiger partial charge in [-0.3, -0.25) is 0 Å². The number of piperidine rings is 3. The minimum atomic E-state index is -0.826. The molecule has 1 aromatic rings. The van der Waals surface area contributed by atoms with Crippen LogP contribution < -0.4 is 0 Å². The van der Waals surface area contributed by atoms with Crippen LogP contribution in [0.3, 0.4) is 0 Å². The van der Waals surface area contributed by atoms with E-state index in [1.54, 1.807) is 0 Å². The van der Waals surface area contributed by atoms with Crippen molar-refractivity contribution >= 4 is 0 Å². The molecule has 0 unspecified atom stereocenters. The number of hydrogen-bond acceptors (Lipinski definition) is 3. The Hall–Kier alpha value is -0.900. The highest BCUT2D eigenvalue weighted by Gasteiger charge is 2.42. The molecule has 3 aliphatic heterocycles. The zero-order valence-electron chi connectivity index (χ0n) is 14.7. The first-order chi connectivity index (χ1) is 11.8. The third-order valence-electron chi connectivity index (χ3n) is 6.67. The maximum Gasteiger partial charge on any atom is 0.116 e. The molecule has 2 bridgehead atoms. The van der Waals surface area contributed by atoms with Gasteiger partial charge in [0.15, 0.2) is 0 Å². The Bertz CT molecular complexity index is 520. The molecule has 0 spiro atoms. The van der Waals surface area contributed by atoms with Gasteiger partial charge in [-0.05, 0) is 56.2 Å². The topological polar surface area (TPSA) is 32.7 Å². The predicted octanol–water partition coefficient (Wildman–Crippen LogP) is 3.57. The van der Waals surface area contributed by atoms with Crippen molar-refractivity contribution in [2.45, 2.75) is 56.7 Å². The Morgan fingerprint density at radius 3 is 2.33 bits per heavy atom. The van der Waals surface area contributed by atoms with E-state index in [1.165, 1.54) is 45.2 Å². The van der Waals surface area contributed by atoms with Crippen LogP contribution in [0.1, 0.15) is 50.5 Å². The van der Waals surface area contributed by atoms with E-state index < -0.39 is 5.60 Å².